The van der Waals surface area contributed by atoms with E-state index in [4.69, 9.17) is 15.2 Å². The fourth-order valence-electron chi connectivity index (χ4n) is 1.49. The van der Waals surface area contributed by atoms with Crippen molar-refractivity contribution in [1.82, 2.24) is 0 Å². The molecule has 0 heterocycles. The van der Waals surface area contributed by atoms with Crippen LogP contribution >= 0.6 is 0 Å². The number of benzene rings is 1. The van der Waals surface area contributed by atoms with E-state index in [0.717, 1.165) is 5.56 Å². The summed E-state index contributed by atoms with van der Waals surface area (Å²) >= 11 is 0. The first-order valence-electron chi connectivity index (χ1n) is 5.96. The van der Waals surface area contributed by atoms with E-state index < -0.39 is 0 Å². The van der Waals surface area contributed by atoms with Gasteiger partial charge in [0, 0.05) is 22.9 Å². The van der Waals surface area contributed by atoms with Gasteiger partial charge in [-0.05, 0) is 39.0 Å². The molecule has 0 amide bonds. The standard InChI is InChI=1S/C14H19NO3/c1-4-17-13-9-12(15)7-6-11(13)8-10(3)14(16)18-5-2/h6-9H,4-5,15H2,1-3H3/b10-8+. The molecule has 1 rings (SSSR count). The number of hydrogen-bond donors (Lipinski definition) is 1. The zero-order valence-corrected chi connectivity index (χ0v) is 11.0. The van der Waals surface area contributed by atoms with Crippen LogP contribution in [0, 0.1) is 0 Å². The highest BCUT2D eigenvalue weighted by Crippen LogP contribution is 2.24. The van der Waals surface area contributed by atoms with E-state index in [2.05, 4.69) is 0 Å². The SMILES string of the molecule is CCOC(=O)/C(C)=C/c1ccc(N)cc1OCC. The molecular weight excluding hydrogens is 230 g/mol. The molecule has 4 heteroatoms. The van der Waals surface area contributed by atoms with Crippen molar-refractivity contribution in [3.8, 4) is 5.75 Å². The Kier molecular flexibility index (Phi) is 5.24. The maximum Gasteiger partial charge on any atom is 0.333 e. The van der Waals surface area contributed by atoms with Crippen molar-refractivity contribution < 1.29 is 14.3 Å². The highest BCUT2D eigenvalue weighted by atomic mass is 16.5. The summed E-state index contributed by atoms with van der Waals surface area (Å²) in [5, 5.41) is 0. The summed E-state index contributed by atoms with van der Waals surface area (Å²) in [6.45, 7) is 6.30. The van der Waals surface area contributed by atoms with Crippen LogP contribution in [0.5, 0.6) is 5.75 Å². The minimum Gasteiger partial charge on any atom is -0.493 e. The summed E-state index contributed by atoms with van der Waals surface area (Å²) in [4.78, 5) is 11.5. The second-order valence-corrected chi connectivity index (χ2v) is 3.78. The highest BCUT2D eigenvalue weighted by molar-refractivity contribution is 5.93. The van der Waals surface area contributed by atoms with Crippen LogP contribution in [0.15, 0.2) is 23.8 Å². The van der Waals surface area contributed by atoms with Gasteiger partial charge in [0.1, 0.15) is 5.75 Å². The number of carbonyl (C=O) groups excluding carboxylic acids is 1. The van der Waals surface area contributed by atoms with Gasteiger partial charge in [-0.3, -0.25) is 0 Å². The monoisotopic (exact) mass is 249 g/mol. The number of anilines is 1. The van der Waals surface area contributed by atoms with E-state index in [0.29, 0.717) is 30.2 Å². The van der Waals surface area contributed by atoms with Crippen LogP contribution in [-0.2, 0) is 9.53 Å². The fraction of sp³-hybridized carbons (Fsp3) is 0.357. The summed E-state index contributed by atoms with van der Waals surface area (Å²) in [5.41, 5.74) is 7.68. The van der Waals surface area contributed by atoms with Gasteiger partial charge in [-0.15, -0.1) is 0 Å². The van der Waals surface area contributed by atoms with Crippen molar-refractivity contribution in [3.05, 3.63) is 29.3 Å². The third kappa shape index (κ3) is 3.80. The summed E-state index contributed by atoms with van der Waals surface area (Å²) in [6, 6.07) is 5.34. The normalized spacial score (nSPS) is 11.2. The number of esters is 1. The van der Waals surface area contributed by atoms with E-state index in [1.807, 2.05) is 13.0 Å². The Labute approximate surface area is 107 Å². The van der Waals surface area contributed by atoms with Crippen LogP contribution in [0.4, 0.5) is 5.69 Å². The molecule has 0 atom stereocenters. The third-order valence-corrected chi connectivity index (χ3v) is 2.31. The lowest BCUT2D eigenvalue weighted by Gasteiger charge is -2.09. The third-order valence-electron chi connectivity index (χ3n) is 2.31. The maximum atomic E-state index is 11.5. The predicted octanol–water partition coefficient (Wildman–Crippen LogP) is 2.63. The molecule has 0 saturated heterocycles. The van der Waals surface area contributed by atoms with E-state index in [9.17, 15) is 4.79 Å². The summed E-state index contributed by atoms with van der Waals surface area (Å²) in [7, 11) is 0. The lowest BCUT2D eigenvalue weighted by atomic mass is 10.1. The van der Waals surface area contributed by atoms with Crippen LogP contribution in [0.2, 0.25) is 0 Å². The number of nitrogen functional groups attached to an aromatic ring is 1. The van der Waals surface area contributed by atoms with Gasteiger partial charge in [-0.1, -0.05) is 0 Å². The number of rotatable bonds is 5. The molecule has 4 nitrogen and oxygen atoms in total. The second-order valence-electron chi connectivity index (χ2n) is 3.78. The Morgan fingerprint density at radius 3 is 2.67 bits per heavy atom. The van der Waals surface area contributed by atoms with Crippen LogP contribution in [0.3, 0.4) is 0 Å². The molecule has 0 saturated carbocycles. The molecule has 0 fully saturated rings. The molecule has 0 spiro atoms. The lowest BCUT2D eigenvalue weighted by molar-refractivity contribution is -0.138. The van der Waals surface area contributed by atoms with Gasteiger partial charge < -0.3 is 15.2 Å². The van der Waals surface area contributed by atoms with Gasteiger partial charge >= 0.3 is 5.97 Å². The molecule has 0 bridgehead atoms. The van der Waals surface area contributed by atoms with Crippen LogP contribution in [0.1, 0.15) is 26.3 Å². The largest absolute Gasteiger partial charge is 0.493 e. The topological polar surface area (TPSA) is 61.5 Å². The van der Waals surface area contributed by atoms with Crippen molar-refractivity contribution in [3.63, 3.8) is 0 Å². The van der Waals surface area contributed by atoms with Gasteiger partial charge in [0.05, 0.1) is 13.2 Å². The molecule has 0 radical (unpaired) electrons. The average molecular weight is 249 g/mol. The number of ether oxygens (including phenoxy) is 2. The zero-order chi connectivity index (χ0) is 13.5. The number of nitrogens with two attached hydrogens (primary N) is 1. The molecule has 2 N–H and O–H groups in total. The molecule has 1 aromatic rings. The first-order chi connectivity index (χ1) is 8.58. The number of carbonyl (C=O) groups is 1. The van der Waals surface area contributed by atoms with E-state index in [1.165, 1.54) is 0 Å². The maximum absolute atomic E-state index is 11.5. The quantitative estimate of drug-likeness (QED) is 0.495. The first-order valence-corrected chi connectivity index (χ1v) is 5.96. The smallest absolute Gasteiger partial charge is 0.333 e. The number of hydrogen-bond acceptors (Lipinski definition) is 4. The average Bonchev–Trinajstić information content (AvgIpc) is 2.33. The van der Waals surface area contributed by atoms with Crippen LogP contribution < -0.4 is 10.5 Å². The van der Waals surface area contributed by atoms with Gasteiger partial charge in [0.2, 0.25) is 0 Å². The lowest BCUT2D eigenvalue weighted by Crippen LogP contribution is -2.05. The molecule has 98 valence electrons. The van der Waals surface area contributed by atoms with Gasteiger partial charge in [-0.25, -0.2) is 4.79 Å². The molecule has 18 heavy (non-hydrogen) atoms. The molecule has 0 unspecified atom stereocenters. The summed E-state index contributed by atoms with van der Waals surface area (Å²) in [5.74, 6) is 0.345. The van der Waals surface area contributed by atoms with E-state index >= 15 is 0 Å². The second kappa shape index (κ2) is 6.69. The molecular formula is C14H19NO3. The molecule has 0 aliphatic heterocycles. The van der Waals surface area contributed by atoms with Crippen molar-refractivity contribution in [2.75, 3.05) is 18.9 Å². The minimum atomic E-state index is -0.322. The first kappa shape index (κ1) is 14.1. The van der Waals surface area contributed by atoms with Gasteiger partial charge in [-0.2, -0.15) is 0 Å². The Morgan fingerprint density at radius 2 is 2.06 bits per heavy atom. The summed E-state index contributed by atoms with van der Waals surface area (Å²) in [6.07, 6.45) is 1.74. The molecule has 0 aliphatic carbocycles. The van der Waals surface area contributed by atoms with E-state index in [-0.39, 0.29) is 5.97 Å². The Bertz CT molecular complexity index is 452. The van der Waals surface area contributed by atoms with Crippen molar-refractivity contribution in [2.45, 2.75) is 20.8 Å². The highest BCUT2D eigenvalue weighted by Gasteiger charge is 2.07. The van der Waals surface area contributed by atoms with Crippen molar-refractivity contribution in [1.29, 1.82) is 0 Å². The minimum absolute atomic E-state index is 0.322. The Balaban J connectivity index is 3.01. The van der Waals surface area contributed by atoms with Crippen LogP contribution in [0.25, 0.3) is 6.08 Å². The van der Waals surface area contributed by atoms with E-state index in [1.54, 1.807) is 32.1 Å². The summed E-state index contributed by atoms with van der Waals surface area (Å²) < 4.78 is 10.4. The Morgan fingerprint density at radius 1 is 1.33 bits per heavy atom. The Hall–Kier alpha value is -1.97. The molecule has 0 aromatic heterocycles. The van der Waals surface area contributed by atoms with Crippen molar-refractivity contribution in [2.24, 2.45) is 0 Å². The van der Waals surface area contributed by atoms with Gasteiger partial charge in [0.15, 0.2) is 0 Å². The predicted molar refractivity (Wildman–Crippen MR) is 72.3 cm³/mol. The van der Waals surface area contributed by atoms with Gasteiger partial charge in [0.25, 0.3) is 0 Å². The molecule has 0 aliphatic rings. The zero-order valence-electron chi connectivity index (χ0n) is 11.0. The fourth-order valence-corrected chi connectivity index (χ4v) is 1.49. The van der Waals surface area contributed by atoms with Crippen LogP contribution in [-0.4, -0.2) is 19.2 Å². The molecule has 1 aromatic carbocycles. The van der Waals surface area contributed by atoms with Crippen molar-refractivity contribution >= 4 is 17.7 Å².